The molecule has 140 valence electrons. The van der Waals surface area contributed by atoms with Crippen LogP contribution in [0.2, 0.25) is 0 Å². The molecule has 0 aromatic heterocycles. The quantitative estimate of drug-likeness (QED) is 0.624. The lowest BCUT2D eigenvalue weighted by Gasteiger charge is -2.24. The maximum Gasteiger partial charge on any atom is 0.335 e. The molecule has 0 fully saturated rings. The Morgan fingerprint density at radius 1 is 0.667 bits per heavy atom. The smallest absolute Gasteiger partial charge is 0.335 e. The van der Waals surface area contributed by atoms with Crippen molar-refractivity contribution in [3.63, 3.8) is 0 Å². The van der Waals surface area contributed by atoms with Gasteiger partial charge in [-0.1, -0.05) is 85.8 Å². The molecule has 0 spiro atoms. The fraction of sp³-hybridized carbons (Fsp3) is 0.174. The van der Waals surface area contributed by atoms with E-state index in [2.05, 4.69) is 0 Å². The van der Waals surface area contributed by atoms with Crippen molar-refractivity contribution in [1.82, 2.24) is 0 Å². The predicted octanol–water partition coefficient (Wildman–Crippen LogP) is 4.47. The van der Waals surface area contributed by atoms with E-state index in [1.165, 1.54) is 0 Å². The van der Waals surface area contributed by atoms with Crippen molar-refractivity contribution in [2.24, 2.45) is 5.92 Å². The third-order valence-corrected chi connectivity index (χ3v) is 4.30. The Morgan fingerprint density at radius 3 is 1.30 bits per heavy atom. The second kappa shape index (κ2) is 10.3. The molecule has 4 heteroatoms. The molecule has 2 unspecified atom stereocenters. The van der Waals surface area contributed by atoms with E-state index in [0.717, 1.165) is 11.1 Å². The van der Waals surface area contributed by atoms with Gasteiger partial charge >= 0.3 is 5.97 Å². The van der Waals surface area contributed by atoms with Crippen LogP contribution in [0.25, 0.3) is 0 Å². The normalized spacial score (nSPS) is 13.6. The Bertz CT molecular complexity index is 758. The minimum Gasteiger partial charge on any atom is -0.478 e. The fourth-order valence-electron chi connectivity index (χ4n) is 2.66. The van der Waals surface area contributed by atoms with Crippen LogP contribution < -0.4 is 0 Å². The number of benzene rings is 3. The predicted molar refractivity (Wildman–Crippen MR) is 105 cm³/mol. The Labute approximate surface area is 159 Å². The van der Waals surface area contributed by atoms with Crippen LogP contribution in [0.4, 0.5) is 0 Å². The summed E-state index contributed by atoms with van der Waals surface area (Å²) < 4.78 is 0. The van der Waals surface area contributed by atoms with Crippen molar-refractivity contribution in [2.75, 3.05) is 0 Å². The lowest BCUT2D eigenvalue weighted by molar-refractivity contribution is 0.0199. The van der Waals surface area contributed by atoms with Gasteiger partial charge in [-0.15, -0.1) is 0 Å². The number of hydrogen-bond acceptors (Lipinski definition) is 3. The number of carboxylic acids is 1. The topological polar surface area (TPSA) is 77.8 Å². The van der Waals surface area contributed by atoms with Crippen LogP contribution in [0.5, 0.6) is 0 Å². The van der Waals surface area contributed by atoms with E-state index in [1.807, 2.05) is 67.6 Å². The van der Waals surface area contributed by atoms with Gasteiger partial charge in [-0.25, -0.2) is 4.79 Å². The van der Waals surface area contributed by atoms with Crippen molar-refractivity contribution in [3.05, 3.63) is 108 Å². The van der Waals surface area contributed by atoms with E-state index in [1.54, 1.807) is 30.3 Å². The molecule has 0 aliphatic heterocycles. The summed E-state index contributed by atoms with van der Waals surface area (Å²) in [6.45, 7) is 1.86. The average Bonchev–Trinajstić information content (AvgIpc) is 2.74. The van der Waals surface area contributed by atoms with Crippen molar-refractivity contribution in [1.29, 1.82) is 0 Å². The van der Waals surface area contributed by atoms with E-state index in [4.69, 9.17) is 5.11 Å². The molecule has 0 bridgehead atoms. The molecule has 4 nitrogen and oxygen atoms in total. The van der Waals surface area contributed by atoms with E-state index >= 15 is 0 Å². The summed E-state index contributed by atoms with van der Waals surface area (Å²) in [7, 11) is 0. The van der Waals surface area contributed by atoms with E-state index < -0.39 is 18.2 Å². The molecule has 2 atom stereocenters. The molecule has 27 heavy (non-hydrogen) atoms. The third kappa shape index (κ3) is 6.06. The molecule has 0 radical (unpaired) electrons. The highest BCUT2D eigenvalue weighted by molar-refractivity contribution is 5.87. The number of aliphatic hydroxyl groups excluding tert-OH is 2. The SMILES string of the molecule is CC(C(O)c1ccccc1)C(O)c1ccccc1.O=C(O)c1ccccc1. The van der Waals surface area contributed by atoms with Crippen molar-refractivity contribution < 1.29 is 20.1 Å². The average molecular weight is 364 g/mol. The van der Waals surface area contributed by atoms with Gasteiger partial charge in [-0.05, 0) is 23.3 Å². The first-order valence-electron chi connectivity index (χ1n) is 8.75. The van der Waals surface area contributed by atoms with Crippen LogP contribution in [0, 0.1) is 5.92 Å². The number of carbonyl (C=O) groups is 1. The van der Waals surface area contributed by atoms with Crippen LogP contribution in [0.1, 0.15) is 40.6 Å². The molecular weight excluding hydrogens is 340 g/mol. The van der Waals surface area contributed by atoms with Crippen LogP contribution in [-0.4, -0.2) is 21.3 Å². The lowest BCUT2D eigenvalue weighted by atomic mass is 9.89. The Morgan fingerprint density at radius 2 is 1.00 bits per heavy atom. The summed E-state index contributed by atoms with van der Waals surface area (Å²) in [6, 6.07) is 27.2. The zero-order valence-corrected chi connectivity index (χ0v) is 15.1. The van der Waals surface area contributed by atoms with E-state index in [9.17, 15) is 15.0 Å². The van der Waals surface area contributed by atoms with E-state index in [0.29, 0.717) is 5.56 Å². The van der Waals surface area contributed by atoms with Crippen LogP contribution in [0.3, 0.4) is 0 Å². The number of rotatable bonds is 5. The fourth-order valence-corrected chi connectivity index (χ4v) is 2.66. The van der Waals surface area contributed by atoms with Crippen LogP contribution in [0.15, 0.2) is 91.0 Å². The zero-order valence-electron chi connectivity index (χ0n) is 15.1. The molecular formula is C23H24O4. The molecule has 0 aliphatic carbocycles. The Kier molecular flexibility index (Phi) is 7.74. The van der Waals surface area contributed by atoms with Gasteiger partial charge in [0.05, 0.1) is 17.8 Å². The summed E-state index contributed by atoms with van der Waals surface area (Å²) in [6.07, 6.45) is -1.33. The summed E-state index contributed by atoms with van der Waals surface area (Å²) in [5, 5.41) is 28.9. The van der Waals surface area contributed by atoms with Crippen molar-refractivity contribution >= 4 is 5.97 Å². The maximum absolute atomic E-state index is 10.3. The first kappa shape index (κ1) is 20.4. The van der Waals surface area contributed by atoms with Gasteiger partial charge in [0.25, 0.3) is 0 Å². The number of aromatic carboxylic acids is 1. The molecule has 0 amide bonds. The number of carboxylic acid groups (broad SMARTS) is 1. The minimum atomic E-state index is -0.879. The maximum atomic E-state index is 10.3. The van der Waals surface area contributed by atoms with Gasteiger partial charge in [0.1, 0.15) is 0 Å². The Balaban J connectivity index is 0.000000244. The largest absolute Gasteiger partial charge is 0.478 e. The Hall–Kier alpha value is -2.95. The summed E-state index contributed by atoms with van der Waals surface area (Å²) >= 11 is 0. The molecule has 3 aromatic rings. The van der Waals surface area contributed by atoms with Gasteiger partial charge in [0, 0.05) is 5.92 Å². The zero-order chi connectivity index (χ0) is 19.6. The first-order valence-corrected chi connectivity index (χ1v) is 8.75. The van der Waals surface area contributed by atoms with Crippen LogP contribution in [-0.2, 0) is 0 Å². The summed E-state index contributed by atoms with van der Waals surface area (Å²) in [5.74, 6) is -1.13. The molecule has 3 rings (SSSR count). The summed E-state index contributed by atoms with van der Waals surface area (Å²) in [5.41, 5.74) is 2.00. The van der Waals surface area contributed by atoms with Gasteiger partial charge < -0.3 is 15.3 Å². The molecule has 0 saturated carbocycles. The highest BCUT2D eigenvalue weighted by Crippen LogP contribution is 2.32. The highest BCUT2D eigenvalue weighted by atomic mass is 16.4. The van der Waals surface area contributed by atoms with Gasteiger partial charge in [-0.3, -0.25) is 0 Å². The van der Waals surface area contributed by atoms with Crippen LogP contribution >= 0.6 is 0 Å². The third-order valence-electron chi connectivity index (χ3n) is 4.30. The summed E-state index contributed by atoms with van der Waals surface area (Å²) in [4.78, 5) is 10.2. The van der Waals surface area contributed by atoms with Gasteiger partial charge in [0.2, 0.25) is 0 Å². The molecule has 0 aliphatic rings. The number of aliphatic hydroxyl groups is 2. The molecule has 3 aromatic carbocycles. The molecule has 0 saturated heterocycles. The second-order valence-corrected chi connectivity index (χ2v) is 6.24. The second-order valence-electron chi connectivity index (χ2n) is 6.24. The molecule has 3 N–H and O–H groups in total. The van der Waals surface area contributed by atoms with Gasteiger partial charge in [-0.2, -0.15) is 0 Å². The van der Waals surface area contributed by atoms with E-state index in [-0.39, 0.29) is 5.92 Å². The monoisotopic (exact) mass is 364 g/mol. The minimum absolute atomic E-state index is 0.255. The first-order chi connectivity index (χ1) is 13.0. The van der Waals surface area contributed by atoms with Crippen molar-refractivity contribution in [3.8, 4) is 0 Å². The number of hydrogen-bond donors (Lipinski definition) is 3. The molecule has 0 heterocycles. The lowest BCUT2D eigenvalue weighted by Crippen LogP contribution is -2.17. The van der Waals surface area contributed by atoms with Gasteiger partial charge in [0.15, 0.2) is 0 Å². The van der Waals surface area contributed by atoms with Crippen molar-refractivity contribution in [2.45, 2.75) is 19.1 Å². The standard InChI is InChI=1S/C16H18O2.C7H6O2/c1-12(15(17)13-8-4-2-5-9-13)16(18)14-10-6-3-7-11-14;8-7(9)6-4-2-1-3-5-6/h2-12,15-18H,1H3;1-5H,(H,8,9). The highest BCUT2D eigenvalue weighted by Gasteiger charge is 2.24.